The summed E-state index contributed by atoms with van der Waals surface area (Å²) in [5, 5.41) is 26.3. The molecular formula is C22H18ClN3O9S3. The van der Waals surface area contributed by atoms with Crippen LogP contribution in [0.5, 0.6) is 5.75 Å². The fourth-order valence-corrected chi connectivity index (χ4v) is 5.22. The minimum Gasteiger partial charge on any atom is -0.483 e. The minimum absolute atomic E-state index is 0.00171. The number of amides is 2. The summed E-state index contributed by atoms with van der Waals surface area (Å²) in [6.07, 6.45) is 0.491. The number of thioether (sulfide) groups is 1. The second-order valence-electron chi connectivity index (χ2n) is 7.59. The number of sulfonamides is 1. The van der Waals surface area contributed by atoms with Gasteiger partial charge in [-0.15, -0.1) is 0 Å². The minimum atomic E-state index is -3.88. The Balaban J connectivity index is 1.76. The molecule has 1 atom stereocenters. The molecule has 1 saturated heterocycles. The van der Waals surface area contributed by atoms with Gasteiger partial charge >= 0.3 is 11.9 Å². The van der Waals surface area contributed by atoms with E-state index in [1.54, 1.807) is 0 Å². The van der Waals surface area contributed by atoms with Crippen LogP contribution in [0.4, 0.5) is 5.69 Å². The zero-order chi connectivity index (χ0) is 28.2. The quantitative estimate of drug-likeness (QED) is 0.231. The first-order valence-corrected chi connectivity index (χ1v) is 13.5. The van der Waals surface area contributed by atoms with Crippen molar-refractivity contribution >= 4 is 85.4 Å². The van der Waals surface area contributed by atoms with Crippen LogP contribution in [0.25, 0.3) is 6.08 Å². The number of carbonyl (C=O) groups excluding carboxylic acids is 2. The van der Waals surface area contributed by atoms with Crippen LogP contribution in [0.1, 0.15) is 12.0 Å². The van der Waals surface area contributed by atoms with Gasteiger partial charge in [0.15, 0.2) is 6.61 Å². The third-order valence-corrected chi connectivity index (χ3v) is 7.37. The second-order valence-corrected chi connectivity index (χ2v) is 11.3. The van der Waals surface area contributed by atoms with Crippen molar-refractivity contribution in [3.05, 3.63) is 58.0 Å². The lowest BCUT2D eigenvalue weighted by Crippen LogP contribution is -2.45. The van der Waals surface area contributed by atoms with Crippen molar-refractivity contribution < 1.29 is 42.5 Å². The normalized spacial score (nSPS) is 15.4. The van der Waals surface area contributed by atoms with Gasteiger partial charge in [-0.1, -0.05) is 35.6 Å². The number of benzene rings is 2. The summed E-state index contributed by atoms with van der Waals surface area (Å²) >= 11 is 12.0. The molecule has 200 valence electrons. The zero-order valence-electron chi connectivity index (χ0n) is 19.0. The smallest absolute Gasteiger partial charge is 0.327 e. The second kappa shape index (κ2) is 11.9. The van der Waals surface area contributed by atoms with E-state index in [9.17, 15) is 32.7 Å². The van der Waals surface area contributed by atoms with Gasteiger partial charge in [0.05, 0.1) is 16.2 Å². The molecule has 0 saturated carbocycles. The Morgan fingerprint density at radius 2 is 1.84 bits per heavy atom. The Bertz CT molecular complexity index is 1460. The Kier molecular flexibility index (Phi) is 9.11. The Morgan fingerprint density at radius 3 is 2.42 bits per heavy atom. The van der Waals surface area contributed by atoms with Crippen molar-refractivity contribution in [1.82, 2.24) is 4.90 Å². The number of hydrogen-bond donors (Lipinski definition) is 4. The van der Waals surface area contributed by atoms with E-state index < -0.39 is 52.8 Å². The number of aliphatic carboxylic acids is 2. The van der Waals surface area contributed by atoms with E-state index in [1.165, 1.54) is 48.5 Å². The van der Waals surface area contributed by atoms with E-state index in [4.69, 9.17) is 38.8 Å². The standard InChI is InChI=1S/C22H18ClN3O9S3/c23-12-1-6-16(35-10-18(27)25-13-2-4-14(5-3-13)38(24,33)34)11(7-12)8-17-20(30)26(22(36)37-17)15(21(31)32)9-19(28)29/h1-8,15H,9-10H2,(H,25,27)(H,28,29)(H,31,32)(H2,24,33,34)/b17-8-. The molecule has 2 aromatic rings. The molecule has 2 aromatic carbocycles. The lowest BCUT2D eigenvalue weighted by atomic mass is 10.1. The number of carboxylic acid groups (broad SMARTS) is 2. The molecular weight excluding hydrogens is 582 g/mol. The Labute approximate surface area is 230 Å². The Morgan fingerprint density at radius 1 is 1.18 bits per heavy atom. The van der Waals surface area contributed by atoms with E-state index in [2.05, 4.69) is 5.32 Å². The van der Waals surface area contributed by atoms with E-state index in [0.29, 0.717) is 5.69 Å². The van der Waals surface area contributed by atoms with Crippen molar-refractivity contribution in [3.63, 3.8) is 0 Å². The fourth-order valence-electron chi connectivity index (χ4n) is 3.18. The molecule has 38 heavy (non-hydrogen) atoms. The summed E-state index contributed by atoms with van der Waals surface area (Å²) in [6.45, 7) is -0.472. The van der Waals surface area contributed by atoms with Crippen LogP contribution in [-0.4, -0.2) is 64.3 Å². The summed E-state index contributed by atoms with van der Waals surface area (Å²) in [5.74, 6) is -4.18. The van der Waals surface area contributed by atoms with Gasteiger partial charge in [-0.05, 0) is 48.5 Å². The van der Waals surface area contributed by atoms with E-state index >= 15 is 0 Å². The van der Waals surface area contributed by atoms with Crippen molar-refractivity contribution in [2.75, 3.05) is 11.9 Å². The summed E-state index contributed by atoms with van der Waals surface area (Å²) < 4.78 is 28.1. The van der Waals surface area contributed by atoms with Crippen LogP contribution >= 0.6 is 35.6 Å². The van der Waals surface area contributed by atoms with Crippen molar-refractivity contribution in [3.8, 4) is 5.75 Å². The predicted octanol–water partition coefficient (Wildman–Crippen LogP) is 2.13. The molecule has 0 bridgehead atoms. The fraction of sp³-hybridized carbons (Fsp3) is 0.136. The van der Waals surface area contributed by atoms with E-state index in [-0.39, 0.29) is 30.5 Å². The summed E-state index contributed by atoms with van der Waals surface area (Å²) in [7, 11) is -3.88. The van der Waals surface area contributed by atoms with Crippen LogP contribution in [0.3, 0.4) is 0 Å². The molecule has 1 aliphatic rings. The summed E-state index contributed by atoms with van der Waals surface area (Å²) in [5.41, 5.74) is 0.564. The SMILES string of the molecule is NS(=O)(=O)c1ccc(NC(=O)COc2ccc(Cl)cc2/C=C2\SC(=S)N(C(CC(=O)O)C(=O)O)C2=O)cc1. The zero-order valence-corrected chi connectivity index (χ0v) is 22.2. The number of nitrogens with two attached hydrogens (primary N) is 1. The molecule has 5 N–H and O–H groups in total. The Hall–Kier alpha value is -3.50. The number of rotatable bonds is 10. The molecule has 0 aromatic heterocycles. The molecule has 0 aliphatic carbocycles. The van der Waals surface area contributed by atoms with Crippen LogP contribution in [0, 0.1) is 0 Å². The maximum absolute atomic E-state index is 12.9. The summed E-state index contributed by atoms with van der Waals surface area (Å²) in [6, 6.07) is 7.84. The van der Waals surface area contributed by atoms with Gasteiger partial charge in [-0.2, -0.15) is 0 Å². The van der Waals surface area contributed by atoms with Gasteiger partial charge in [-0.3, -0.25) is 19.3 Å². The monoisotopic (exact) mass is 599 g/mol. The number of halogens is 1. The number of carboxylic acids is 2. The lowest BCUT2D eigenvalue weighted by Gasteiger charge is -2.21. The molecule has 3 rings (SSSR count). The molecule has 1 fully saturated rings. The molecule has 0 spiro atoms. The average Bonchev–Trinajstić information content (AvgIpc) is 3.09. The van der Waals surface area contributed by atoms with Gasteiger partial charge in [0.2, 0.25) is 10.0 Å². The van der Waals surface area contributed by atoms with Crippen molar-refractivity contribution in [2.24, 2.45) is 5.14 Å². The first-order chi connectivity index (χ1) is 17.8. The van der Waals surface area contributed by atoms with E-state index in [0.717, 1.165) is 16.7 Å². The third kappa shape index (κ3) is 7.29. The molecule has 16 heteroatoms. The number of hydrogen-bond acceptors (Lipinski definition) is 9. The van der Waals surface area contributed by atoms with Gasteiger partial charge in [0.25, 0.3) is 11.8 Å². The van der Waals surface area contributed by atoms with Gasteiger partial charge in [-0.25, -0.2) is 18.4 Å². The number of ether oxygens (including phenoxy) is 1. The summed E-state index contributed by atoms with van der Waals surface area (Å²) in [4.78, 5) is 48.5. The highest BCUT2D eigenvalue weighted by Gasteiger charge is 2.41. The molecule has 1 heterocycles. The molecule has 12 nitrogen and oxygen atoms in total. The van der Waals surface area contributed by atoms with Crippen LogP contribution in [-0.2, 0) is 29.2 Å². The number of carbonyl (C=O) groups is 4. The number of anilines is 1. The maximum atomic E-state index is 12.9. The first-order valence-electron chi connectivity index (χ1n) is 10.3. The molecule has 2 amide bonds. The number of primary sulfonamides is 1. The van der Waals surface area contributed by atoms with Gasteiger partial charge < -0.3 is 20.3 Å². The van der Waals surface area contributed by atoms with E-state index in [1.807, 2.05) is 0 Å². The molecule has 0 radical (unpaired) electrons. The molecule has 1 unspecified atom stereocenters. The van der Waals surface area contributed by atoms with Crippen LogP contribution in [0.15, 0.2) is 52.3 Å². The average molecular weight is 600 g/mol. The topological polar surface area (TPSA) is 193 Å². The first kappa shape index (κ1) is 29.1. The van der Waals surface area contributed by atoms with Crippen LogP contribution in [0.2, 0.25) is 5.02 Å². The number of thiocarbonyl (C=S) groups is 1. The maximum Gasteiger partial charge on any atom is 0.327 e. The van der Waals surface area contributed by atoms with Crippen molar-refractivity contribution in [1.29, 1.82) is 0 Å². The highest BCUT2D eigenvalue weighted by molar-refractivity contribution is 8.26. The highest BCUT2D eigenvalue weighted by Crippen LogP contribution is 2.36. The largest absolute Gasteiger partial charge is 0.483 e. The molecule has 1 aliphatic heterocycles. The van der Waals surface area contributed by atoms with Gasteiger partial charge in [0.1, 0.15) is 16.1 Å². The third-order valence-electron chi connectivity index (χ3n) is 4.87. The number of nitrogens with one attached hydrogen (secondary N) is 1. The van der Waals surface area contributed by atoms with Gasteiger partial charge in [0, 0.05) is 16.3 Å². The van der Waals surface area contributed by atoms with Crippen LogP contribution < -0.4 is 15.2 Å². The highest BCUT2D eigenvalue weighted by atomic mass is 35.5. The van der Waals surface area contributed by atoms with Crippen molar-refractivity contribution in [2.45, 2.75) is 17.4 Å². The lowest BCUT2D eigenvalue weighted by molar-refractivity contribution is -0.150. The number of nitrogens with zero attached hydrogens (tertiary/aromatic N) is 1. The predicted molar refractivity (Wildman–Crippen MR) is 142 cm³/mol.